The van der Waals surface area contributed by atoms with Gasteiger partial charge >= 0.3 is 0 Å². The molecule has 0 spiro atoms. The average molecular weight is 281 g/mol. The first-order valence-electron chi connectivity index (χ1n) is 6.24. The molecule has 1 aliphatic heterocycles. The minimum atomic E-state index is -0.608. The van der Waals surface area contributed by atoms with E-state index in [4.69, 9.17) is 0 Å². The van der Waals surface area contributed by atoms with Crippen LogP contribution in [0.4, 0.5) is 0 Å². The molecule has 0 aliphatic carbocycles. The van der Waals surface area contributed by atoms with Gasteiger partial charge in [0.15, 0.2) is 0 Å². The highest BCUT2D eigenvalue weighted by atomic mass is 32.1. The molecule has 1 aromatic heterocycles. The predicted molar refractivity (Wildman–Crippen MR) is 75.8 cm³/mol. The second kappa shape index (κ2) is 5.48. The zero-order valence-electron chi connectivity index (χ0n) is 11.1. The number of piperidine rings is 1. The number of nitrogens with zero attached hydrogens (tertiary/aromatic N) is 2. The number of amides is 1. The number of aliphatic hydroxyl groups excluding tert-OH is 1. The van der Waals surface area contributed by atoms with Gasteiger partial charge in [-0.15, -0.1) is 0 Å². The minimum absolute atomic E-state index is 0.274. The molecule has 2 atom stereocenters. The molecule has 2 heterocycles. The molecule has 19 heavy (non-hydrogen) atoms. The SMILES string of the molecule is CC1(C)CN(S)CC(NC(=O)c2ccccn2)C1O. The molecule has 1 fully saturated rings. The largest absolute Gasteiger partial charge is 0.390 e. The number of carbonyl (C=O) groups excluding carboxylic acids is 1. The van der Waals surface area contributed by atoms with Crippen molar-refractivity contribution in [2.75, 3.05) is 13.1 Å². The normalized spacial score (nSPS) is 26.9. The van der Waals surface area contributed by atoms with Crippen molar-refractivity contribution < 1.29 is 9.90 Å². The summed E-state index contributed by atoms with van der Waals surface area (Å²) in [4.78, 5) is 16.0. The third-order valence-electron chi connectivity index (χ3n) is 3.39. The number of hydrogen-bond acceptors (Lipinski definition) is 5. The van der Waals surface area contributed by atoms with Gasteiger partial charge in [-0.3, -0.25) is 14.1 Å². The van der Waals surface area contributed by atoms with Crippen LogP contribution in [0.2, 0.25) is 0 Å². The lowest BCUT2D eigenvalue weighted by Crippen LogP contribution is -2.60. The molecule has 0 bridgehead atoms. The second-order valence-corrected chi connectivity index (χ2v) is 6.14. The van der Waals surface area contributed by atoms with Crippen LogP contribution >= 0.6 is 12.8 Å². The van der Waals surface area contributed by atoms with Gasteiger partial charge in [0.2, 0.25) is 0 Å². The monoisotopic (exact) mass is 281 g/mol. The van der Waals surface area contributed by atoms with Gasteiger partial charge in [0, 0.05) is 24.7 Å². The van der Waals surface area contributed by atoms with Crippen LogP contribution in [0.5, 0.6) is 0 Å². The summed E-state index contributed by atoms with van der Waals surface area (Å²) < 4.78 is 1.82. The van der Waals surface area contributed by atoms with Crippen LogP contribution in [-0.4, -0.2) is 45.5 Å². The Morgan fingerprint density at radius 1 is 1.58 bits per heavy atom. The van der Waals surface area contributed by atoms with E-state index >= 15 is 0 Å². The maximum absolute atomic E-state index is 12.0. The summed E-state index contributed by atoms with van der Waals surface area (Å²) >= 11 is 4.34. The Balaban J connectivity index is 2.08. The van der Waals surface area contributed by atoms with E-state index < -0.39 is 6.10 Å². The van der Waals surface area contributed by atoms with Crippen LogP contribution in [0.25, 0.3) is 0 Å². The van der Waals surface area contributed by atoms with Crippen molar-refractivity contribution in [1.29, 1.82) is 0 Å². The fourth-order valence-corrected chi connectivity index (χ4v) is 2.90. The zero-order chi connectivity index (χ0) is 14.0. The standard InChI is InChI=1S/C13H19N3O2S/c1-13(2)8-16(19)7-10(11(13)17)15-12(18)9-5-3-4-6-14-9/h3-6,10-11,17,19H,7-8H2,1-2H3,(H,15,18). The van der Waals surface area contributed by atoms with E-state index in [2.05, 4.69) is 23.1 Å². The number of hydrogen-bond donors (Lipinski definition) is 3. The summed E-state index contributed by atoms with van der Waals surface area (Å²) in [5.41, 5.74) is 0.0333. The van der Waals surface area contributed by atoms with E-state index in [1.54, 1.807) is 24.4 Å². The van der Waals surface area contributed by atoms with Crippen molar-refractivity contribution >= 4 is 18.7 Å². The highest BCUT2D eigenvalue weighted by Gasteiger charge is 2.41. The number of nitrogens with one attached hydrogen (secondary N) is 1. The molecule has 1 aromatic rings. The molecule has 0 aromatic carbocycles. The van der Waals surface area contributed by atoms with Crippen LogP contribution < -0.4 is 5.32 Å². The molecule has 0 radical (unpaired) electrons. The van der Waals surface area contributed by atoms with Gasteiger partial charge in [0.05, 0.1) is 12.1 Å². The lowest BCUT2D eigenvalue weighted by atomic mass is 9.79. The highest BCUT2D eigenvalue weighted by molar-refractivity contribution is 7.77. The Kier molecular flexibility index (Phi) is 4.13. The van der Waals surface area contributed by atoms with E-state index in [0.717, 1.165) is 0 Å². The lowest BCUT2D eigenvalue weighted by molar-refractivity contribution is -0.0221. The number of carbonyl (C=O) groups is 1. The quantitative estimate of drug-likeness (QED) is 0.699. The van der Waals surface area contributed by atoms with Crippen molar-refractivity contribution in [1.82, 2.24) is 14.6 Å². The third kappa shape index (κ3) is 3.26. The summed E-state index contributed by atoms with van der Waals surface area (Å²) in [5, 5.41) is 13.1. The molecule has 0 saturated carbocycles. The smallest absolute Gasteiger partial charge is 0.270 e. The van der Waals surface area contributed by atoms with E-state index in [-0.39, 0.29) is 17.4 Å². The van der Waals surface area contributed by atoms with E-state index in [0.29, 0.717) is 18.8 Å². The third-order valence-corrected chi connectivity index (χ3v) is 3.70. The summed E-state index contributed by atoms with van der Waals surface area (Å²) in [6.45, 7) is 5.10. The van der Waals surface area contributed by atoms with Gasteiger partial charge in [-0.25, -0.2) is 0 Å². The minimum Gasteiger partial charge on any atom is -0.390 e. The summed E-state index contributed by atoms with van der Waals surface area (Å²) in [6.07, 6.45) is 0.963. The number of thiol groups is 1. The average Bonchev–Trinajstić information content (AvgIpc) is 2.36. The number of pyridine rings is 1. The van der Waals surface area contributed by atoms with E-state index in [1.807, 2.05) is 18.2 Å². The topological polar surface area (TPSA) is 65.5 Å². The number of aromatic nitrogens is 1. The van der Waals surface area contributed by atoms with Crippen molar-refractivity contribution in [3.63, 3.8) is 0 Å². The molecule has 6 heteroatoms. The fourth-order valence-electron chi connectivity index (χ4n) is 2.36. The second-order valence-electron chi connectivity index (χ2n) is 5.58. The molecule has 2 unspecified atom stereocenters. The summed E-state index contributed by atoms with van der Waals surface area (Å²) in [6, 6.07) is 4.81. The molecule has 2 rings (SSSR count). The van der Waals surface area contributed by atoms with Crippen LogP contribution in [0.3, 0.4) is 0 Å². The molecule has 2 N–H and O–H groups in total. The van der Waals surface area contributed by atoms with Crippen molar-refractivity contribution in [3.05, 3.63) is 30.1 Å². The van der Waals surface area contributed by atoms with E-state index in [9.17, 15) is 9.90 Å². The van der Waals surface area contributed by atoms with Crippen molar-refractivity contribution in [2.24, 2.45) is 5.41 Å². The Bertz CT molecular complexity index is 452. The maximum Gasteiger partial charge on any atom is 0.270 e. The van der Waals surface area contributed by atoms with Gasteiger partial charge < -0.3 is 10.4 Å². The number of aliphatic hydroxyl groups is 1. The molecule has 104 valence electrons. The molecular weight excluding hydrogens is 262 g/mol. The van der Waals surface area contributed by atoms with Crippen LogP contribution in [0.1, 0.15) is 24.3 Å². The maximum atomic E-state index is 12.0. The molecule has 1 saturated heterocycles. The van der Waals surface area contributed by atoms with Gasteiger partial charge in [0.1, 0.15) is 5.69 Å². The first kappa shape index (κ1) is 14.3. The first-order valence-corrected chi connectivity index (χ1v) is 6.64. The van der Waals surface area contributed by atoms with Gasteiger partial charge in [-0.2, -0.15) is 0 Å². The first-order chi connectivity index (χ1) is 8.90. The van der Waals surface area contributed by atoms with Crippen molar-refractivity contribution in [2.45, 2.75) is 26.0 Å². The summed E-state index contributed by atoms with van der Waals surface area (Å²) in [5.74, 6) is -0.274. The van der Waals surface area contributed by atoms with Gasteiger partial charge in [0.25, 0.3) is 5.91 Å². The molecular formula is C13H19N3O2S. The number of rotatable bonds is 2. The fraction of sp³-hybridized carbons (Fsp3) is 0.538. The summed E-state index contributed by atoms with van der Waals surface area (Å²) in [7, 11) is 0. The lowest BCUT2D eigenvalue weighted by Gasteiger charge is -2.44. The Morgan fingerprint density at radius 3 is 2.95 bits per heavy atom. The van der Waals surface area contributed by atoms with Gasteiger partial charge in [-0.05, 0) is 12.1 Å². The van der Waals surface area contributed by atoms with Crippen LogP contribution in [0.15, 0.2) is 24.4 Å². The zero-order valence-corrected chi connectivity index (χ0v) is 12.0. The van der Waals surface area contributed by atoms with Crippen LogP contribution in [0, 0.1) is 5.41 Å². The van der Waals surface area contributed by atoms with Gasteiger partial charge in [-0.1, -0.05) is 32.7 Å². The molecule has 5 nitrogen and oxygen atoms in total. The Morgan fingerprint density at radius 2 is 2.32 bits per heavy atom. The Labute approximate surface area is 118 Å². The highest BCUT2D eigenvalue weighted by Crippen LogP contribution is 2.30. The van der Waals surface area contributed by atoms with E-state index in [1.165, 1.54) is 0 Å². The molecule has 1 aliphatic rings. The van der Waals surface area contributed by atoms with Crippen LogP contribution in [-0.2, 0) is 0 Å². The molecule has 1 amide bonds. The predicted octanol–water partition coefficient (Wildman–Crippen LogP) is 0.728. The Hall–Kier alpha value is -1.11. The van der Waals surface area contributed by atoms with Crippen molar-refractivity contribution in [3.8, 4) is 0 Å².